The molecule has 0 bridgehead atoms. The number of pyridine rings is 1. The lowest BCUT2D eigenvalue weighted by molar-refractivity contribution is -0.385. The van der Waals surface area contributed by atoms with E-state index in [2.05, 4.69) is 10.3 Å². The van der Waals surface area contributed by atoms with Crippen LogP contribution in [0.4, 0.5) is 11.4 Å². The molecule has 5 nitrogen and oxygen atoms in total. The van der Waals surface area contributed by atoms with Crippen molar-refractivity contribution in [2.24, 2.45) is 0 Å². The van der Waals surface area contributed by atoms with E-state index in [-0.39, 0.29) is 16.7 Å². The molecular weight excluding hydrogens is 254 g/mol. The van der Waals surface area contributed by atoms with Gasteiger partial charge in [-0.3, -0.25) is 15.1 Å². The molecule has 5 heteroatoms. The van der Waals surface area contributed by atoms with Gasteiger partial charge in [-0.2, -0.15) is 0 Å². The maximum atomic E-state index is 11.1. The fourth-order valence-corrected chi connectivity index (χ4v) is 2.17. The van der Waals surface area contributed by atoms with Crippen LogP contribution in [0.2, 0.25) is 0 Å². The molecule has 1 heterocycles. The first-order valence-electron chi connectivity index (χ1n) is 6.43. The molecule has 1 aromatic heterocycles. The van der Waals surface area contributed by atoms with Crippen LogP contribution in [0.3, 0.4) is 0 Å². The van der Waals surface area contributed by atoms with E-state index < -0.39 is 0 Å². The highest BCUT2D eigenvalue weighted by atomic mass is 16.6. The Bertz CT molecular complexity index is 641. The fourth-order valence-electron chi connectivity index (χ4n) is 2.17. The van der Waals surface area contributed by atoms with Crippen molar-refractivity contribution in [1.29, 1.82) is 0 Å². The number of nitrogens with zero attached hydrogens (tertiary/aromatic N) is 2. The predicted octanol–water partition coefficient (Wildman–Crippen LogP) is 3.78. The van der Waals surface area contributed by atoms with Gasteiger partial charge < -0.3 is 5.32 Å². The van der Waals surface area contributed by atoms with Crippen LogP contribution in [-0.4, -0.2) is 9.91 Å². The maximum Gasteiger partial charge on any atom is 0.274 e. The van der Waals surface area contributed by atoms with Crippen LogP contribution in [0.1, 0.15) is 29.9 Å². The zero-order valence-electron chi connectivity index (χ0n) is 11.8. The summed E-state index contributed by atoms with van der Waals surface area (Å²) in [5, 5.41) is 14.3. The van der Waals surface area contributed by atoms with Gasteiger partial charge in [0, 0.05) is 11.8 Å². The van der Waals surface area contributed by atoms with Gasteiger partial charge >= 0.3 is 0 Å². The van der Waals surface area contributed by atoms with E-state index in [1.165, 1.54) is 6.07 Å². The van der Waals surface area contributed by atoms with Crippen molar-refractivity contribution in [2.75, 3.05) is 5.32 Å². The number of nitro benzene ring substituents is 1. The molecule has 1 N–H and O–H groups in total. The summed E-state index contributed by atoms with van der Waals surface area (Å²) in [6.07, 6.45) is 0. The minimum Gasteiger partial charge on any atom is -0.377 e. The lowest BCUT2D eigenvalue weighted by Gasteiger charge is -2.17. The van der Waals surface area contributed by atoms with Gasteiger partial charge in [0.1, 0.15) is 0 Å². The molecule has 2 aromatic rings. The molecule has 0 radical (unpaired) electrons. The minimum absolute atomic E-state index is 0.130. The zero-order chi connectivity index (χ0) is 14.7. The number of hydrogen-bond acceptors (Lipinski definition) is 4. The monoisotopic (exact) mass is 271 g/mol. The summed E-state index contributed by atoms with van der Waals surface area (Å²) in [6, 6.07) is 10.5. The van der Waals surface area contributed by atoms with Gasteiger partial charge in [-0.25, -0.2) is 0 Å². The largest absolute Gasteiger partial charge is 0.377 e. The second-order valence-electron chi connectivity index (χ2n) is 4.77. The lowest BCUT2D eigenvalue weighted by atomic mass is 10.1. The van der Waals surface area contributed by atoms with E-state index in [0.717, 1.165) is 17.1 Å². The van der Waals surface area contributed by atoms with Crippen molar-refractivity contribution in [3.05, 3.63) is 63.5 Å². The van der Waals surface area contributed by atoms with Crippen LogP contribution in [-0.2, 0) is 0 Å². The van der Waals surface area contributed by atoms with Gasteiger partial charge in [0.05, 0.1) is 27.9 Å². The number of benzene rings is 1. The van der Waals surface area contributed by atoms with Crippen LogP contribution in [0.15, 0.2) is 36.4 Å². The molecule has 0 saturated heterocycles. The average molecular weight is 271 g/mol. The lowest BCUT2D eigenvalue weighted by Crippen LogP contribution is -2.10. The number of para-hydroxylation sites is 1. The number of rotatable bonds is 4. The molecule has 0 aliphatic rings. The number of anilines is 1. The predicted molar refractivity (Wildman–Crippen MR) is 78.8 cm³/mol. The molecule has 2 rings (SSSR count). The molecule has 1 atom stereocenters. The van der Waals surface area contributed by atoms with Crippen LogP contribution in [0, 0.1) is 24.0 Å². The first-order valence-corrected chi connectivity index (χ1v) is 6.43. The highest BCUT2D eigenvalue weighted by Crippen LogP contribution is 2.28. The molecule has 0 aliphatic carbocycles. The van der Waals surface area contributed by atoms with Gasteiger partial charge in [-0.1, -0.05) is 18.2 Å². The van der Waals surface area contributed by atoms with Gasteiger partial charge in [0.2, 0.25) is 0 Å². The van der Waals surface area contributed by atoms with E-state index in [0.29, 0.717) is 5.56 Å². The maximum absolute atomic E-state index is 11.1. The third-order valence-corrected chi connectivity index (χ3v) is 3.20. The highest BCUT2D eigenvalue weighted by molar-refractivity contribution is 5.52. The highest BCUT2D eigenvalue weighted by Gasteiger charge is 2.18. The number of aryl methyl sites for hydroxylation is 2. The average Bonchev–Trinajstić information content (AvgIpc) is 2.41. The van der Waals surface area contributed by atoms with E-state index in [1.54, 1.807) is 18.2 Å². The summed E-state index contributed by atoms with van der Waals surface area (Å²) in [5.41, 5.74) is 3.52. The van der Waals surface area contributed by atoms with Crippen LogP contribution < -0.4 is 5.32 Å². The van der Waals surface area contributed by atoms with E-state index >= 15 is 0 Å². The molecule has 0 spiro atoms. The standard InChI is InChI=1S/C15H17N3O2/c1-10-8-9-14(12(3)16-10)17-11(2)13-6-4-5-7-15(13)18(19)20/h4-9,11,17H,1-3H3. The Morgan fingerprint density at radius 3 is 2.55 bits per heavy atom. The SMILES string of the molecule is Cc1ccc(NC(C)c2ccccc2[N+](=O)[O-])c(C)n1. The molecule has 0 saturated carbocycles. The Balaban J connectivity index is 2.28. The van der Waals surface area contributed by atoms with Gasteiger partial charge in [0.15, 0.2) is 0 Å². The molecule has 0 amide bonds. The molecular formula is C15H17N3O2. The quantitative estimate of drug-likeness (QED) is 0.678. The smallest absolute Gasteiger partial charge is 0.274 e. The second kappa shape index (κ2) is 5.69. The van der Waals surface area contributed by atoms with Gasteiger partial charge in [-0.05, 0) is 32.9 Å². The topological polar surface area (TPSA) is 68.1 Å². The summed E-state index contributed by atoms with van der Waals surface area (Å²) in [5.74, 6) is 0. The summed E-state index contributed by atoms with van der Waals surface area (Å²) in [4.78, 5) is 15.1. The van der Waals surface area contributed by atoms with Crippen LogP contribution >= 0.6 is 0 Å². The van der Waals surface area contributed by atoms with Crippen molar-refractivity contribution in [3.8, 4) is 0 Å². The Labute approximate surface area is 117 Å². The van der Waals surface area contributed by atoms with Crippen LogP contribution in [0.5, 0.6) is 0 Å². The number of nitrogens with one attached hydrogen (secondary N) is 1. The summed E-state index contributed by atoms with van der Waals surface area (Å²) < 4.78 is 0. The summed E-state index contributed by atoms with van der Waals surface area (Å²) in [6.45, 7) is 5.76. The molecule has 0 aliphatic heterocycles. The first kappa shape index (κ1) is 14.0. The Morgan fingerprint density at radius 1 is 1.20 bits per heavy atom. The number of nitro groups is 1. The van der Waals surface area contributed by atoms with Crippen molar-refractivity contribution in [1.82, 2.24) is 4.98 Å². The Morgan fingerprint density at radius 2 is 1.90 bits per heavy atom. The third kappa shape index (κ3) is 2.93. The molecule has 0 fully saturated rings. The Hall–Kier alpha value is -2.43. The number of aromatic nitrogens is 1. The zero-order valence-corrected chi connectivity index (χ0v) is 11.8. The van der Waals surface area contributed by atoms with Crippen molar-refractivity contribution in [3.63, 3.8) is 0 Å². The van der Waals surface area contributed by atoms with Crippen molar-refractivity contribution < 1.29 is 4.92 Å². The van der Waals surface area contributed by atoms with Crippen molar-refractivity contribution >= 4 is 11.4 Å². The normalized spacial score (nSPS) is 11.9. The summed E-state index contributed by atoms with van der Waals surface area (Å²) >= 11 is 0. The first-order chi connectivity index (χ1) is 9.49. The van der Waals surface area contributed by atoms with Gasteiger partial charge in [-0.15, -0.1) is 0 Å². The third-order valence-electron chi connectivity index (χ3n) is 3.20. The van der Waals surface area contributed by atoms with E-state index in [1.807, 2.05) is 32.9 Å². The molecule has 1 unspecified atom stereocenters. The fraction of sp³-hybridized carbons (Fsp3) is 0.267. The minimum atomic E-state index is -0.353. The summed E-state index contributed by atoms with van der Waals surface area (Å²) in [7, 11) is 0. The van der Waals surface area contributed by atoms with E-state index in [9.17, 15) is 10.1 Å². The van der Waals surface area contributed by atoms with Gasteiger partial charge in [0.25, 0.3) is 5.69 Å². The number of hydrogen-bond donors (Lipinski definition) is 1. The molecule has 20 heavy (non-hydrogen) atoms. The second-order valence-corrected chi connectivity index (χ2v) is 4.77. The Kier molecular flexibility index (Phi) is 3.98. The van der Waals surface area contributed by atoms with E-state index in [4.69, 9.17) is 0 Å². The van der Waals surface area contributed by atoms with Crippen LogP contribution in [0.25, 0.3) is 0 Å². The van der Waals surface area contributed by atoms with Crippen molar-refractivity contribution in [2.45, 2.75) is 26.8 Å². The molecule has 104 valence electrons. The molecule has 1 aromatic carbocycles.